The van der Waals surface area contributed by atoms with E-state index in [0.29, 0.717) is 23.9 Å². The predicted molar refractivity (Wildman–Crippen MR) is 83.2 cm³/mol. The van der Waals surface area contributed by atoms with Gasteiger partial charge in [-0.05, 0) is 30.9 Å². The highest BCUT2D eigenvalue weighted by Gasteiger charge is 2.16. The number of amides is 1. The van der Waals surface area contributed by atoms with Crippen molar-refractivity contribution in [2.75, 3.05) is 0 Å². The Kier molecular flexibility index (Phi) is 4.44. The number of aromatic nitrogens is 2. The van der Waals surface area contributed by atoms with Gasteiger partial charge in [-0.3, -0.25) is 4.79 Å². The van der Waals surface area contributed by atoms with Crippen molar-refractivity contribution in [1.29, 1.82) is 0 Å². The zero-order valence-corrected chi connectivity index (χ0v) is 12.8. The second-order valence-electron chi connectivity index (χ2n) is 5.83. The maximum atomic E-state index is 12.0. The minimum Gasteiger partial charge on any atom is -0.350 e. The topological polar surface area (TPSA) is 46.4 Å². The average Bonchev–Trinajstić information content (AvgIpc) is 2.88. The number of hydrogen-bond donors (Lipinski definition) is 1. The molecular weight excluding hydrogens is 286 g/mol. The summed E-state index contributed by atoms with van der Waals surface area (Å²) in [6, 6.07) is 3.69. The van der Waals surface area contributed by atoms with Crippen molar-refractivity contribution in [1.82, 2.24) is 14.7 Å². The van der Waals surface area contributed by atoms with Gasteiger partial charge in [0.25, 0.3) is 0 Å². The first kappa shape index (κ1) is 14.4. The van der Waals surface area contributed by atoms with Crippen LogP contribution in [0.3, 0.4) is 0 Å². The van der Waals surface area contributed by atoms with Crippen LogP contribution in [0.1, 0.15) is 44.2 Å². The third kappa shape index (κ3) is 3.76. The number of hydrogen-bond acceptors (Lipinski definition) is 2. The first-order chi connectivity index (χ1) is 10.2. The molecule has 2 heterocycles. The van der Waals surface area contributed by atoms with Crippen LogP contribution in [0, 0.1) is 5.92 Å². The van der Waals surface area contributed by atoms with Crippen LogP contribution in [-0.4, -0.2) is 15.3 Å². The van der Waals surface area contributed by atoms with Crippen LogP contribution in [0.15, 0.2) is 24.5 Å². The van der Waals surface area contributed by atoms with Gasteiger partial charge in [-0.15, -0.1) is 0 Å². The van der Waals surface area contributed by atoms with Gasteiger partial charge in [0.1, 0.15) is 5.65 Å². The summed E-state index contributed by atoms with van der Waals surface area (Å²) >= 11 is 5.95. The van der Waals surface area contributed by atoms with Crippen molar-refractivity contribution in [3.05, 3.63) is 35.2 Å². The monoisotopic (exact) mass is 305 g/mol. The molecule has 3 rings (SSSR count). The summed E-state index contributed by atoms with van der Waals surface area (Å²) in [5, 5.41) is 3.65. The first-order valence-electron chi connectivity index (χ1n) is 7.60. The molecular formula is C16H20ClN3O. The van der Waals surface area contributed by atoms with Crippen LogP contribution in [-0.2, 0) is 11.3 Å². The third-order valence-electron chi connectivity index (χ3n) is 4.13. The highest BCUT2D eigenvalue weighted by atomic mass is 35.5. The number of halogens is 1. The number of nitrogens with zero attached hydrogens (tertiary/aromatic N) is 2. The molecule has 112 valence electrons. The van der Waals surface area contributed by atoms with E-state index in [9.17, 15) is 4.79 Å². The van der Waals surface area contributed by atoms with Crippen molar-refractivity contribution in [3.63, 3.8) is 0 Å². The zero-order chi connectivity index (χ0) is 14.7. The lowest BCUT2D eigenvalue weighted by Crippen LogP contribution is -2.26. The van der Waals surface area contributed by atoms with Gasteiger partial charge in [-0.25, -0.2) is 4.98 Å². The molecule has 21 heavy (non-hydrogen) atoms. The Labute approximate surface area is 129 Å². The number of carbonyl (C=O) groups is 1. The first-order valence-corrected chi connectivity index (χ1v) is 7.98. The minimum atomic E-state index is 0.136. The summed E-state index contributed by atoms with van der Waals surface area (Å²) in [5.41, 5.74) is 1.70. The highest BCUT2D eigenvalue weighted by Crippen LogP contribution is 2.26. The van der Waals surface area contributed by atoms with Gasteiger partial charge in [0.15, 0.2) is 0 Å². The second-order valence-corrected chi connectivity index (χ2v) is 6.27. The molecule has 0 radical (unpaired) electrons. The van der Waals surface area contributed by atoms with Gasteiger partial charge in [0, 0.05) is 18.8 Å². The Balaban J connectivity index is 1.54. The maximum Gasteiger partial charge on any atom is 0.220 e. The summed E-state index contributed by atoms with van der Waals surface area (Å²) in [6.45, 7) is 0.477. The summed E-state index contributed by atoms with van der Waals surface area (Å²) in [6.07, 6.45) is 10.6. The molecule has 1 N–H and O–H groups in total. The van der Waals surface area contributed by atoms with Crippen LogP contribution >= 0.6 is 11.6 Å². The second kappa shape index (κ2) is 6.48. The van der Waals surface area contributed by atoms with Gasteiger partial charge in [0.2, 0.25) is 5.91 Å². The Morgan fingerprint density at radius 3 is 2.90 bits per heavy atom. The zero-order valence-electron chi connectivity index (χ0n) is 12.0. The maximum absolute atomic E-state index is 12.0. The van der Waals surface area contributed by atoms with Gasteiger partial charge >= 0.3 is 0 Å². The van der Waals surface area contributed by atoms with E-state index >= 15 is 0 Å². The van der Waals surface area contributed by atoms with Crippen molar-refractivity contribution in [3.8, 4) is 0 Å². The van der Waals surface area contributed by atoms with Crippen molar-refractivity contribution in [2.24, 2.45) is 5.92 Å². The Bertz CT molecular complexity index is 631. The summed E-state index contributed by atoms with van der Waals surface area (Å²) < 4.78 is 1.88. The number of rotatable bonds is 4. The molecule has 4 nitrogen and oxygen atoms in total. The molecule has 1 saturated carbocycles. The van der Waals surface area contributed by atoms with Crippen LogP contribution in [0.2, 0.25) is 5.02 Å². The molecule has 0 bridgehead atoms. The molecule has 5 heteroatoms. The Morgan fingerprint density at radius 1 is 1.29 bits per heavy atom. The Morgan fingerprint density at radius 2 is 2.10 bits per heavy atom. The Hall–Kier alpha value is -1.55. The van der Waals surface area contributed by atoms with E-state index in [1.54, 1.807) is 0 Å². The lowest BCUT2D eigenvalue weighted by molar-refractivity contribution is -0.122. The van der Waals surface area contributed by atoms with Crippen molar-refractivity contribution < 1.29 is 4.79 Å². The van der Waals surface area contributed by atoms with Gasteiger partial charge in [-0.1, -0.05) is 30.9 Å². The van der Waals surface area contributed by atoms with E-state index in [1.807, 2.05) is 28.9 Å². The van der Waals surface area contributed by atoms with E-state index in [1.165, 1.54) is 32.1 Å². The molecule has 1 fully saturated rings. The highest BCUT2D eigenvalue weighted by molar-refractivity contribution is 6.30. The molecule has 2 aromatic heterocycles. The van der Waals surface area contributed by atoms with Crippen LogP contribution in [0.5, 0.6) is 0 Å². The summed E-state index contributed by atoms with van der Waals surface area (Å²) in [7, 11) is 0. The van der Waals surface area contributed by atoms with E-state index in [4.69, 9.17) is 11.6 Å². The molecule has 0 saturated heterocycles. The van der Waals surface area contributed by atoms with Crippen molar-refractivity contribution >= 4 is 23.2 Å². The lowest BCUT2D eigenvalue weighted by atomic mass is 9.87. The number of fused-ring (bicyclic) bond motifs is 1. The number of carbonyl (C=O) groups excluding carboxylic acids is 1. The number of imidazole rings is 1. The SMILES string of the molecule is O=C(CC1CCCCC1)NCc1cn2cc(Cl)ccc2n1. The third-order valence-corrected chi connectivity index (χ3v) is 4.35. The van der Waals surface area contributed by atoms with E-state index < -0.39 is 0 Å². The smallest absolute Gasteiger partial charge is 0.220 e. The fraction of sp³-hybridized carbons (Fsp3) is 0.500. The molecule has 1 aliphatic rings. The van der Waals surface area contributed by atoms with E-state index in [2.05, 4.69) is 10.3 Å². The standard InChI is InChI=1S/C16H20ClN3O/c17-13-6-7-15-19-14(11-20(15)10-13)9-18-16(21)8-12-4-2-1-3-5-12/h6-7,10-12H,1-5,8-9H2,(H,18,21). The number of nitrogens with one attached hydrogen (secondary N) is 1. The van der Waals surface area contributed by atoms with Gasteiger partial charge in [-0.2, -0.15) is 0 Å². The molecule has 2 aromatic rings. The van der Waals surface area contributed by atoms with Crippen LogP contribution in [0.25, 0.3) is 5.65 Å². The minimum absolute atomic E-state index is 0.136. The summed E-state index contributed by atoms with van der Waals surface area (Å²) in [5.74, 6) is 0.704. The van der Waals surface area contributed by atoms with Gasteiger partial charge in [0.05, 0.1) is 17.3 Å². The van der Waals surface area contributed by atoms with E-state index in [0.717, 1.165) is 11.3 Å². The molecule has 1 aliphatic carbocycles. The molecule has 0 unspecified atom stereocenters. The van der Waals surface area contributed by atoms with E-state index in [-0.39, 0.29) is 5.91 Å². The fourth-order valence-electron chi connectivity index (χ4n) is 3.02. The van der Waals surface area contributed by atoms with Crippen molar-refractivity contribution in [2.45, 2.75) is 45.1 Å². The average molecular weight is 306 g/mol. The number of pyridine rings is 1. The normalized spacial score (nSPS) is 16.2. The van der Waals surface area contributed by atoms with Crippen LogP contribution in [0.4, 0.5) is 0 Å². The quantitative estimate of drug-likeness (QED) is 0.938. The van der Waals surface area contributed by atoms with Gasteiger partial charge < -0.3 is 9.72 Å². The van der Waals surface area contributed by atoms with Crippen LogP contribution < -0.4 is 5.32 Å². The summed E-state index contributed by atoms with van der Waals surface area (Å²) in [4.78, 5) is 16.4. The molecule has 0 atom stereocenters. The largest absolute Gasteiger partial charge is 0.350 e. The predicted octanol–water partition coefficient (Wildman–Crippen LogP) is 3.57. The molecule has 0 aromatic carbocycles. The molecule has 0 aliphatic heterocycles. The molecule has 1 amide bonds. The lowest BCUT2D eigenvalue weighted by Gasteiger charge is -2.20. The fourth-order valence-corrected chi connectivity index (χ4v) is 3.19. The molecule has 0 spiro atoms.